The summed E-state index contributed by atoms with van der Waals surface area (Å²) in [6, 6.07) is 87.4. The minimum absolute atomic E-state index is 0.492. The Bertz CT molecular complexity index is 4430. The van der Waals surface area contributed by atoms with Crippen LogP contribution in [0.4, 0.5) is 0 Å². The average Bonchev–Trinajstić information content (AvgIpc) is 4.20. The Hall–Kier alpha value is -10.5. The molecule has 5 aromatic heterocycles. The number of pyridine rings is 1. The first-order valence-corrected chi connectivity index (χ1v) is 24.7. The fourth-order valence-electron chi connectivity index (χ4n) is 11.9. The summed E-state index contributed by atoms with van der Waals surface area (Å²) in [6.07, 6.45) is 0. The smallest absolute Gasteiger partial charge is 0.148 e. The number of aromatic nitrogens is 5. The predicted molar refractivity (Wildman–Crippen MR) is 302 cm³/mol. The fraction of sp³-hybridized carbons (Fsp3) is 0. The molecule has 7 nitrogen and oxygen atoms in total. The molecule has 0 radical (unpaired) electrons. The molecule has 15 aromatic rings. The summed E-state index contributed by atoms with van der Waals surface area (Å²) in [6.45, 7) is 0. The van der Waals surface area contributed by atoms with Crippen molar-refractivity contribution in [3.8, 4) is 57.4 Å². The van der Waals surface area contributed by atoms with E-state index in [4.69, 9.17) is 4.98 Å². The molecule has 74 heavy (non-hydrogen) atoms. The summed E-state index contributed by atoms with van der Waals surface area (Å²) >= 11 is 0. The maximum atomic E-state index is 11.4. The van der Waals surface area contributed by atoms with Gasteiger partial charge in [0.05, 0.1) is 67.4 Å². The third kappa shape index (κ3) is 5.90. The van der Waals surface area contributed by atoms with Gasteiger partial charge in [-0.2, -0.15) is 10.5 Å². The van der Waals surface area contributed by atoms with Gasteiger partial charge < -0.3 is 9.13 Å². The summed E-state index contributed by atoms with van der Waals surface area (Å²) in [5.74, 6) is 1.31. The van der Waals surface area contributed by atoms with Gasteiger partial charge in [0.25, 0.3) is 0 Å². The van der Waals surface area contributed by atoms with Crippen LogP contribution >= 0.6 is 0 Å². The number of hydrogen-bond acceptors (Lipinski definition) is 3. The average molecular weight is 942 g/mol. The van der Waals surface area contributed by atoms with Crippen LogP contribution in [0.15, 0.2) is 237 Å². The lowest BCUT2D eigenvalue weighted by molar-refractivity contribution is 1.02. The van der Waals surface area contributed by atoms with E-state index < -0.39 is 0 Å². The van der Waals surface area contributed by atoms with E-state index in [1.54, 1.807) is 0 Å². The number of nitriles is 2. The molecule has 10 aromatic carbocycles. The van der Waals surface area contributed by atoms with E-state index in [-0.39, 0.29) is 0 Å². The van der Waals surface area contributed by atoms with E-state index >= 15 is 0 Å². The molecular weight excluding hydrogens is 903 g/mol. The number of para-hydroxylation sites is 8. The quantitative estimate of drug-likeness (QED) is 0.167. The molecule has 0 aliphatic heterocycles. The SMILES string of the molecule is N#Cc1cc(-n2c3ccccc3c3ccccc32)ccc1-c1cc(-c2ccc(-n3c4ccccc4c4ccccc43)cc2C#N)c(-n2c3ccccc3c3ccccc32)nc1-n1c2ccccc2c2ccccc21. The minimum Gasteiger partial charge on any atom is -0.309 e. The summed E-state index contributed by atoms with van der Waals surface area (Å²) in [4.78, 5) is 5.97. The fourth-order valence-corrected chi connectivity index (χ4v) is 11.9. The van der Waals surface area contributed by atoms with Gasteiger partial charge in [-0.05, 0) is 78.9 Å². The van der Waals surface area contributed by atoms with Crippen LogP contribution in [0.1, 0.15) is 11.1 Å². The molecule has 342 valence electrons. The molecule has 0 atom stereocenters. The molecule has 0 aliphatic carbocycles. The van der Waals surface area contributed by atoms with E-state index in [1.165, 1.54) is 0 Å². The van der Waals surface area contributed by atoms with Crippen LogP contribution in [0, 0.1) is 22.7 Å². The standard InChI is InChI=1S/C67H39N7/c68-40-42-37-44(71-58-25-9-1-17-48(58)49-18-2-10-26-59(49)71)33-35-46(42)56-39-57(47-36-34-45(38-43(47)41-69)72-60-27-11-3-19-50(60)51-20-4-12-28-61(51)72)67(74-64-31-15-7-23-54(64)55-24-8-16-32-65(55)74)70-66(56)73-62-29-13-5-21-52(62)53-22-6-14-30-63(53)73/h1-39H. The molecule has 0 N–H and O–H groups in total. The van der Waals surface area contributed by atoms with Crippen molar-refractivity contribution in [3.05, 3.63) is 248 Å². The molecule has 5 heterocycles. The monoisotopic (exact) mass is 941 g/mol. The van der Waals surface area contributed by atoms with Crippen molar-refractivity contribution in [1.82, 2.24) is 23.3 Å². The third-order valence-corrected chi connectivity index (χ3v) is 15.1. The highest BCUT2D eigenvalue weighted by atomic mass is 15.1. The summed E-state index contributed by atoms with van der Waals surface area (Å²) in [5.41, 5.74) is 13.8. The third-order valence-electron chi connectivity index (χ3n) is 15.1. The van der Waals surface area contributed by atoms with Crippen LogP contribution in [0.5, 0.6) is 0 Å². The van der Waals surface area contributed by atoms with E-state index in [1.807, 2.05) is 12.1 Å². The molecule has 0 spiro atoms. The number of hydrogen-bond donors (Lipinski definition) is 0. The molecule has 0 unspecified atom stereocenters. The number of fused-ring (bicyclic) bond motifs is 12. The van der Waals surface area contributed by atoms with Crippen molar-refractivity contribution in [2.45, 2.75) is 0 Å². The largest absolute Gasteiger partial charge is 0.309 e. The van der Waals surface area contributed by atoms with Crippen molar-refractivity contribution < 1.29 is 0 Å². The van der Waals surface area contributed by atoms with Crippen molar-refractivity contribution in [2.75, 3.05) is 0 Å². The Morgan fingerprint density at radius 3 is 0.757 bits per heavy atom. The van der Waals surface area contributed by atoms with Crippen LogP contribution in [-0.4, -0.2) is 23.3 Å². The predicted octanol–water partition coefficient (Wildman–Crippen LogP) is 16.5. The second kappa shape index (κ2) is 16.0. The summed E-state index contributed by atoms with van der Waals surface area (Å²) in [7, 11) is 0. The molecule has 0 aliphatic rings. The van der Waals surface area contributed by atoms with Gasteiger partial charge in [-0.25, -0.2) is 4.98 Å². The Kier molecular flexibility index (Phi) is 8.95. The first kappa shape index (κ1) is 41.3. The number of rotatable bonds is 6. The summed E-state index contributed by atoms with van der Waals surface area (Å²) < 4.78 is 8.99. The lowest BCUT2D eigenvalue weighted by atomic mass is 9.94. The van der Waals surface area contributed by atoms with E-state index in [0.717, 1.165) is 121 Å². The van der Waals surface area contributed by atoms with Gasteiger partial charge in [0.2, 0.25) is 0 Å². The van der Waals surface area contributed by atoms with Crippen LogP contribution < -0.4 is 0 Å². The van der Waals surface area contributed by atoms with Gasteiger partial charge in [0, 0.05) is 76.7 Å². The van der Waals surface area contributed by atoms with Gasteiger partial charge in [0.15, 0.2) is 0 Å². The molecule has 7 heteroatoms. The Morgan fingerprint density at radius 2 is 0.500 bits per heavy atom. The normalized spacial score (nSPS) is 11.8. The van der Waals surface area contributed by atoms with Crippen LogP contribution in [0.25, 0.3) is 132 Å². The lowest BCUT2D eigenvalue weighted by Crippen LogP contribution is -2.09. The first-order chi connectivity index (χ1) is 36.7. The molecule has 0 amide bonds. The zero-order chi connectivity index (χ0) is 49.0. The van der Waals surface area contributed by atoms with Crippen molar-refractivity contribution in [1.29, 1.82) is 10.5 Å². The van der Waals surface area contributed by atoms with Gasteiger partial charge in [0.1, 0.15) is 11.6 Å². The van der Waals surface area contributed by atoms with Gasteiger partial charge >= 0.3 is 0 Å². The molecular formula is C67H39N7. The first-order valence-electron chi connectivity index (χ1n) is 24.7. The Morgan fingerprint density at radius 1 is 0.257 bits per heavy atom. The van der Waals surface area contributed by atoms with Crippen molar-refractivity contribution in [3.63, 3.8) is 0 Å². The van der Waals surface area contributed by atoms with Gasteiger partial charge in [-0.1, -0.05) is 158 Å². The number of nitrogens with zero attached hydrogens (tertiary/aromatic N) is 7. The van der Waals surface area contributed by atoms with Crippen LogP contribution in [0.3, 0.4) is 0 Å². The van der Waals surface area contributed by atoms with E-state index in [2.05, 4.69) is 255 Å². The van der Waals surface area contributed by atoms with Gasteiger partial charge in [-0.15, -0.1) is 0 Å². The Balaban J connectivity index is 1.07. The van der Waals surface area contributed by atoms with Crippen LogP contribution in [-0.2, 0) is 0 Å². The van der Waals surface area contributed by atoms with Crippen LogP contribution in [0.2, 0.25) is 0 Å². The second-order valence-corrected chi connectivity index (χ2v) is 18.9. The molecule has 0 bridgehead atoms. The highest BCUT2D eigenvalue weighted by Crippen LogP contribution is 2.45. The maximum Gasteiger partial charge on any atom is 0.148 e. The molecule has 15 rings (SSSR count). The zero-order valence-corrected chi connectivity index (χ0v) is 39.6. The highest BCUT2D eigenvalue weighted by molar-refractivity contribution is 6.13. The van der Waals surface area contributed by atoms with Gasteiger partial charge in [-0.3, -0.25) is 9.13 Å². The van der Waals surface area contributed by atoms with Crippen molar-refractivity contribution in [2.24, 2.45) is 0 Å². The topological polar surface area (TPSA) is 80.2 Å². The molecule has 0 saturated heterocycles. The molecule has 0 saturated carbocycles. The van der Waals surface area contributed by atoms with Crippen molar-refractivity contribution >= 4 is 87.2 Å². The minimum atomic E-state index is 0.492. The zero-order valence-electron chi connectivity index (χ0n) is 39.6. The van der Waals surface area contributed by atoms with E-state index in [9.17, 15) is 10.5 Å². The Labute approximate surface area is 424 Å². The second-order valence-electron chi connectivity index (χ2n) is 18.9. The van der Waals surface area contributed by atoms with E-state index in [0.29, 0.717) is 22.8 Å². The summed E-state index contributed by atoms with van der Waals surface area (Å²) in [5, 5.41) is 31.8. The highest BCUT2D eigenvalue weighted by Gasteiger charge is 2.27. The number of benzene rings is 10. The molecule has 0 fully saturated rings. The lowest BCUT2D eigenvalue weighted by Gasteiger charge is -2.21. The maximum absolute atomic E-state index is 11.4.